The van der Waals surface area contributed by atoms with Gasteiger partial charge in [-0.15, -0.1) is 130 Å². The predicted molar refractivity (Wildman–Crippen MR) is 417 cm³/mol. The van der Waals surface area contributed by atoms with E-state index in [1.807, 2.05) is 97.1 Å². The summed E-state index contributed by atoms with van der Waals surface area (Å²) in [4.78, 5) is 58.6. The third kappa shape index (κ3) is 28.9. The average molecular weight is 2170 g/mol. The van der Waals surface area contributed by atoms with E-state index in [4.69, 9.17) is 30.7 Å². The standard InChI is InChI=1S/C24H18N.C16H8FN2.C16H12N.C13H8NS.4C5H8O2.4Ir/c1-24(2)20-9-5-4-8-18(20)19-13-11-17(15-21(19)24)23-14-12-16-7-3-6-10-22(16)25-23;17-14-3-1-2-12(9-14)16-7-5-13-8-11(10-18)4-6-15(13)19-16;1-12-5-4-7-14(11-12)16-10-9-13-6-2-3-8-15(13)17-16;1-2-6-10(7-3-1)13-14-11-8-4-5-9-12(11)15-13;4*1-4(6)3-5(2)7;;;;/h3-10,12-15H,1-2H3;1,3-9H;2-6,8-11H,1H3;1-6,8-9H;4*3,6H,1-2H3;;;;/q4*-1;;;;;;;;. The van der Waals surface area contributed by atoms with Crippen molar-refractivity contribution in [1.29, 1.82) is 5.26 Å². The molecule has 0 fully saturated rings. The van der Waals surface area contributed by atoms with E-state index in [2.05, 4.69) is 151 Å². The van der Waals surface area contributed by atoms with Gasteiger partial charge in [-0.25, -0.2) is 4.39 Å². The Balaban J connectivity index is 0.000000334. The molecule has 1 aliphatic carbocycles. The van der Waals surface area contributed by atoms with Crippen LogP contribution in [-0.2, 0) is 105 Å². The quantitative estimate of drug-likeness (QED) is 0.0632. The van der Waals surface area contributed by atoms with Crippen molar-refractivity contribution in [2.75, 3.05) is 0 Å². The summed E-state index contributed by atoms with van der Waals surface area (Å²) in [5, 5.41) is 46.6. The van der Waals surface area contributed by atoms with Crippen LogP contribution < -0.4 is 0 Å². The normalized spacial score (nSPS) is 11.2. The van der Waals surface area contributed by atoms with Crippen molar-refractivity contribution in [3.05, 3.63) is 324 Å². The van der Waals surface area contributed by atoms with Crippen molar-refractivity contribution in [2.45, 2.75) is 81.6 Å². The number of benzene rings is 9. The van der Waals surface area contributed by atoms with Crippen LogP contribution in [0.2, 0.25) is 0 Å². The number of thiazole rings is 1. The van der Waals surface area contributed by atoms with Gasteiger partial charge in [-0.1, -0.05) is 141 Å². The number of hydrogen-bond donors (Lipinski definition) is 4. The van der Waals surface area contributed by atoms with Crippen LogP contribution in [0.1, 0.15) is 91.5 Å². The van der Waals surface area contributed by atoms with Gasteiger partial charge in [0.1, 0.15) is 0 Å². The summed E-state index contributed by atoms with van der Waals surface area (Å²) in [6.07, 6.45) is 4.67. The van der Waals surface area contributed by atoms with Crippen molar-refractivity contribution in [2.24, 2.45) is 0 Å². The van der Waals surface area contributed by atoms with Gasteiger partial charge >= 0.3 is 0 Å². The van der Waals surface area contributed by atoms with Crippen molar-refractivity contribution in [3.63, 3.8) is 0 Å². The minimum atomic E-state index is -0.310. The van der Waals surface area contributed by atoms with Crippen LogP contribution in [0.4, 0.5) is 4.39 Å². The van der Waals surface area contributed by atoms with Crippen LogP contribution in [0.15, 0.2) is 272 Å². The molecule has 0 spiro atoms. The van der Waals surface area contributed by atoms with Gasteiger partial charge in [-0.3, -0.25) is 39.1 Å². The first kappa shape index (κ1) is 92.2. The minimum Gasteiger partial charge on any atom is -0.512 e. The topological polar surface area (TPSA) is 225 Å². The number of rotatable bonds is 8. The van der Waals surface area contributed by atoms with Crippen molar-refractivity contribution in [1.82, 2.24) is 19.9 Å². The molecule has 0 bridgehead atoms. The number of nitriles is 1. The monoisotopic (exact) mass is 2170 g/mol. The SMILES string of the molecule is CC(=O)C=C(C)O.CC(=O)C=C(C)O.CC(=O)C=C(C)O.CC(=O)C=C(C)O.CC1(C)c2ccccc2-c2c[c-]c(-c3ccc4ccccc4n3)cc21.Cc1cc[c-]c(-c2ccc3ccccc3n2)c1.N#Cc1ccc2nc(-c3[c-]ccc(F)c3)ccc2c1.[Ir].[Ir].[Ir].[Ir].[c-]1ccccc1-c1nc2ccccc2s1. The fourth-order valence-electron chi connectivity index (χ4n) is 10.6. The molecule has 0 unspecified atom stereocenters. The first-order chi connectivity index (χ1) is 49.7. The van der Waals surface area contributed by atoms with Gasteiger partial charge in [0.2, 0.25) is 0 Å². The van der Waals surface area contributed by atoms with E-state index in [0.717, 1.165) is 60.5 Å². The fourth-order valence-corrected chi connectivity index (χ4v) is 11.5. The zero-order valence-corrected chi connectivity index (χ0v) is 71.3. The van der Waals surface area contributed by atoms with Gasteiger partial charge in [-0.05, 0) is 142 Å². The molecule has 13 aromatic rings. The zero-order valence-electron chi connectivity index (χ0n) is 60.9. The summed E-state index contributed by atoms with van der Waals surface area (Å²) in [6, 6.07) is 88.3. The molecule has 4 N–H and O–H groups in total. The maximum atomic E-state index is 13.2. The third-order valence-electron chi connectivity index (χ3n) is 15.0. The number of aromatic nitrogens is 4. The van der Waals surface area contributed by atoms with E-state index in [9.17, 15) is 23.6 Å². The van der Waals surface area contributed by atoms with Gasteiger partial charge < -0.3 is 20.4 Å². The molecule has 0 atom stereocenters. The molecular weight excluding hydrogens is 2090 g/mol. The van der Waals surface area contributed by atoms with Crippen LogP contribution >= 0.6 is 11.3 Å². The Bertz CT molecular complexity index is 5220. The Hall–Kier alpha value is -10.0. The minimum absolute atomic E-state index is 0. The first-order valence-corrected chi connectivity index (χ1v) is 33.7. The molecule has 0 aliphatic heterocycles. The average Bonchev–Trinajstić information content (AvgIpc) is 1.58. The largest absolute Gasteiger partial charge is 0.512 e. The molecule has 4 radical (unpaired) electrons. The van der Waals surface area contributed by atoms with Gasteiger partial charge in [0.25, 0.3) is 0 Å². The molecule has 19 heteroatoms. The Morgan fingerprint density at radius 3 is 1.32 bits per heavy atom. The summed E-state index contributed by atoms with van der Waals surface area (Å²) >= 11 is 1.71. The summed E-state index contributed by atoms with van der Waals surface area (Å²) < 4.78 is 14.4. The fraction of sp³-hybridized carbons (Fsp3) is 0.135. The summed E-state index contributed by atoms with van der Waals surface area (Å²) in [5.41, 5.74) is 17.5. The molecule has 13 nitrogen and oxygen atoms in total. The molecule has 14 rings (SSSR count). The van der Waals surface area contributed by atoms with E-state index in [1.165, 1.54) is 141 Å². The van der Waals surface area contributed by atoms with Gasteiger partial charge in [0.15, 0.2) is 23.1 Å². The molecule has 0 saturated heterocycles. The Kier molecular flexibility index (Phi) is 38.9. The van der Waals surface area contributed by atoms with Crippen LogP contribution in [0.25, 0.3) is 98.4 Å². The summed E-state index contributed by atoms with van der Waals surface area (Å²) in [6.45, 7) is 18.1. The van der Waals surface area contributed by atoms with Crippen molar-refractivity contribution in [3.8, 4) is 61.5 Å². The number of hydrogen-bond acceptors (Lipinski definition) is 14. The molecule has 560 valence electrons. The number of aryl methyl sites for hydroxylation is 1. The van der Waals surface area contributed by atoms with E-state index < -0.39 is 0 Å². The third-order valence-corrected chi connectivity index (χ3v) is 16.0. The summed E-state index contributed by atoms with van der Waals surface area (Å²) in [7, 11) is 0. The van der Waals surface area contributed by atoms with Crippen molar-refractivity contribution >= 4 is 77.4 Å². The van der Waals surface area contributed by atoms with Crippen LogP contribution in [-0.4, -0.2) is 63.5 Å². The molecule has 0 amide bonds. The molecule has 9 aromatic carbocycles. The second-order valence-corrected chi connectivity index (χ2v) is 25.4. The Morgan fingerprint density at radius 1 is 0.426 bits per heavy atom. The predicted octanol–water partition coefficient (Wildman–Crippen LogP) is 21.6. The number of carbonyl (C=O) groups excluding carboxylic acids is 4. The van der Waals surface area contributed by atoms with E-state index in [-0.39, 0.29) is 138 Å². The number of aliphatic hydroxyl groups is 4. The number of para-hydroxylation sites is 3. The molecule has 0 saturated carbocycles. The molecular formula is C89H78FIr4N5O8S-4. The van der Waals surface area contributed by atoms with E-state index in [1.54, 1.807) is 35.6 Å². The van der Waals surface area contributed by atoms with Crippen molar-refractivity contribution < 1.29 is 124 Å². The number of allylic oxidation sites excluding steroid dienone is 8. The number of aliphatic hydroxyl groups excluding tert-OH is 4. The van der Waals surface area contributed by atoms with E-state index >= 15 is 0 Å². The van der Waals surface area contributed by atoms with Gasteiger partial charge in [0.05, 0.1) is 56.7 Å². The van der Waals surface area contributed by atoms with Crippen LogP contribution in [0, 0.1) is 48.3 Å². The van der Waals surface area contributed by atoms with Crippen LogP contribution in [0.5, 0.6) is 0 Å². The Morgan fingerprint density at radius 2 is 0.861 bits per heavy atom. The number of pyridine rings is 3. The number of ketones is 4. The Labute approximate surface area is 688 Å². The van der Waals surface area contributed by atoms with E-state index in [0.29, 0.717) is 16.8 Å². The van der Waals surface area contributed by atoms with Gasteiger partial charge in [0, 0.05) is 120 Å². The second-order valence-electron chi connectivity index (χ2n) is 24.4. The first-order valence-electron chi connectivity index (χ1n) is 32.9. The maximum absolute atomic E-state index is 13.2. The summed E-state index contributed by atoms with van der Waals surface area (Å²) in [5.74, 6) is -0.560. The number of fused-ring (bicyclic) bond motifs is 7. The molecule has 4 heterocycles. The number of carbonyl (C=O) groups is 4. The molecule has 1 aliphatic rings. The van der Waals surface area contributed by atoms with Crippen LogP contribution in [0.3, 0.4) is 0 Å². The number of halogens is 1. The second kappa shape index (κ2) is 45.6. The zero-order chi connectivity index (χ0) is 75.5. The smallest absolute Gasteiger partial charge is 0.155 e. The van der Waals surface area contributed by atoms with Gasteiger partial charge in [-0.2, -0.15) is 16.6 Å². The molecule has 4 aromatic heterocycles. The number of nitrogens with zero attached hydrogens (tertiary/aromatic N) is 5. The molecule has 108 heavy (non-hydrogen) atoms. The maximum Gasteiger partial charge on any atom is 0.155 e.